The van der Waals surface area contributed by atoms with Gasteiger partial charge in [-0.15, -0.1) is 0 Å². The average molecular weight is 388 g/mol. The molecule has 2 aromatic carbocycles. The summed E-state index contributed by atoms with van der Waals surface area (Å²) in [6.45, 7) is 0.638. The monoisotopic (exact) mass is 387 g/mol. The van der Waals surface area contributed by atoms with Crippen molar-refractivity contribution in [2.45, 2.75) is 25.5 Å². The average Bonchev–Trinajstić information content (AvgIpc) is 2.95. The van der Waals surface area contributed by atoms with Gasteiger partial charge < -0.3 is 4.74 Å². The van der Waals surface area contributed by atoms with E-state index >= 15 is 0 Å². The van der Waals surface area contributed by atoms with E-state index in [0.29, 0.717) is 19.4 Å². The predicted molar refractivity (Wildman–Crippen MR) is 94.6 cm³/mol. The van der Waals surface area contributed by atoms with Crippen molar-refractivity contribution >= 4 is 27.8 Å². The molecule has 0 N–H and O–H groups in total. The standard InChI is InChI=1S/C19H18BrNO3/c20-16-8-4-7-15(11-16)12-17-18(22)9-10-21(17)19(23)24-13-14-5-2-1-3-6-14/h1-8,11,17H,9-10,12-13H2/t17-/m0/s1. The van der Waals surface area contributed by atoms with Crippen LogP contribution in [0.5, 0.6) is 0 Å². The maximum absolute atomic E-state index is 12.4. The number of carbonyl (C=O) groups is 2. The molecule has 1 fully saturated rings. The zero-order valence-corrected chi connectivity index (χ0v) is 14.7. The summed E-state index contributed by atoms with van der Waals surface area (Å²) in [4.78, 5) is 26.1. The van der Waals surface area contributed by atoms with Gasteiger partial charge in [0.25, 0.3) is 0 Å². The summed E-state index contributed by atoms with van der Waals surface area (Å²) in [5.41, 5.74) is 1.95. The lowest BCUT2D eigenvalue weighted by atomic mass is 10.0. The van der Waals surface area contributed by atoms with Crippen molar-refractivity contribution in [2.24, 2.45) is 0 Å². The molecule has 1 atom stereocenters. The third-order valence-electron chi connectivity index (χ3n) is 4.10. The van der Waals surface area contributed by atoms with Crippen LogP contribution in [0, 0.1) is 0 Å². The Kier molecular flexibility index (Phi) is 5.30. The zero-order chi connectivity index (χ0) is 16.9. The first kappa shape index (κ1) is 16.7. The van der Waals surface area contributed by atoms with Crippen LogP contribution in [0.3, 0.4) is 0 Å². The first-order chi connectivity index (χ1) is 11.6. The van der Waals surface area contributed by atoms with Crippen molar-refractivity contribution in [3.8, 4) is 0 Å². The van der Waals surface area contributed by atoms with Crippen molar-refractivity contribution in [1.29, 1.82) is 0 Å². The van der Waals surface area contributed by atoms with E-state index in [1.54, 1.807) is 4.90 Å². The second-order valence-corrected chi connectivity index (χ2v) is 6.72. The Bertz CT molecular complexity index is 732. The molecule has 0 spiro atoms. The third kappa shape index (κ3) is 4.03. The molecule has 2 aromatic rings. The molecule has 1 aliphatic heterocycles. The van der Waals surface area contributed by atoms with Crippen molar-refractivity contribution < 1.29 is 14.3 Å². The van der Waals surface area contributed by atoms with E-state index in [9.17, 15) is 9.59 Å². The minimum atomic E-state index is -0.442. The molecule has 0 bridgehead atoms. The highest BCUT2D eigenvalue weighted by Gasteiger charge is 2.36. The van der Waals surface area contributed by atoms with E-state index in [2.05, 4.69) is 15.9 Å². The Hall–Kier alpha value is -2.14. The molecular weight excluding hydrogens is 370 g/mol. The van der Waals surface area contributed by atoms with E-state index in [1.807, 2.05) is 54.6 Å². The van der Waals surface area contributed by atoms with Gasteiger partial charge in [0.1, 0.15) is 6.61 Å². The van der Waals surface area contributed by atoms with Crippen LogP contribution in [-0.2, 0) is 22.6 Å². The molecule has 1 aliphatic rings. The molecule has 1 heterocycles. The number of amides is 1. The predicted octanol–water partition coefficient (Wildman–Crippen LogP) is 3.97. The van der Waals surface area contributed by atoms with E-state index < -0.39 is 12.1 Å². The second-order valence-electron chi connectivity index (χ2n) is 5.80. The maximum atomic E-state index is 12.4. The van der Waals surface area contributed by atoms with Crippen LogP contribution in [0.4, 0.5) is 4.79 Å². The number of carbonyl (C=O) groups excluding carboxylic acids is 2. The first-order valence-electron chi connectivity index (χ1n) is 7.88. The molecule has 0 aliphatic carbocycles. The largest absolute Gasteiger partial charge is 0.445 e. The molecule has 1 amide bonds. The van der Waals surface area contributed by atoms with Gasteiger partial charge in [-0.3, -0.25) is 9.69 Å². The van der Waals surface area contributed by atoms with Crippen molar-refractivity contribution in [3.05, 3.63) is 70.2 Å². The normalized spacial score (nSPS) is 17.1. The number of Topliss-reactive ketones (excluding diaryl/α,β-unsaturated/α-hetero) is 1. The van der Waals surface area contributed by atoms with Crippen molar-refractivity contribution in [3.63, 3.8) is 0 Å². The van der Waals surface area contributed by atoms with Gasteiger partial charge in [0.05, 0.1) is 6.04 Å². The number of likely N-dealkylation sites (tertiary alicyclic amines) is 1. The van der Waals surface area contributed by atoms with Gasteiger partial charge in [-0.2, -0.15) is 0 Å². The number of ether oxygens (including phenoxy) is 1. The molecule has 124 valence electrons. The molecule has 24 heavy (non-hydrogen) atoms. The molecule has 0 aromatic heterocycles. The number of hydrogen-bond acceptors (Lipinski definition) is 3. The number of rotatable bonds is 4. The lowest BCUT2D eigenvalue weighted by molar-refractivity contribution is -0.119. The summed E-state index contributed by atoms with van der Waals surface area (Å²) in [6.07, 6.45) is 0.474. The number of halogens is 1. The maximum Gasteiger partial charge on any atom is 0.410 e. The molecule has 4 nitrogen and oxygen atoms in total. The van der Waals surface area contributed by atoms with Gasteiger partial charge in [-0.25, -0.2) is 4.79 Å². The molecule has 0 radical (unpaired) electrons. The molecule has 0 saturated carbocycles. The van der Waals surface area contributed by atoms with Gasteiger partial charge in [-0.05, 0) is 23.3 Å². The Labute approximate surface area is 149 Å². The number of ketones is 1. The van der Waals surface area contributed by atoms with E-state index in [0.717, 1.165) is 15.6 Å². The molecule has 0 unspecified atom stereocenters. The van der Waals surface area contributed by atoms with Crippen molar-refractivity contribution in [1.82, 2.24) is 4.90 Å². The Morgan fingerprint density at radius 1 is 1.12 bits per heavy atom. The molecule has 5 heteroatoms. The zero-order valence-electron chi connectivity index (χ0n) is 13.2. The van der Waals surface area contributed by atoms with E-state index in [-0.39, 0.29) is 12.4 Å². The highest BCUT2D eigenvalue weighted by molar-refractivity contribution is 9.10. The number of nitrogens with zero attached hydrogens (tertiary/aromatic N) is 1. The van der Waals surface area contributed by atoms with Gasteiger partial charge >= 0.3 is 6.09 Å². The van der Waals surface area contributed by atoms with Crippen LogP contribution in [-0.4, -0.2) is 29.4 Å². The second kappa shape index (κ2) is 7.62. The smallest absolute Gasteiger partial charge is 0.410 e. The van der Waals surface area contributed by atoms with Crippen LogP contribution in [0.15, 0.2) is 59.1 Å². The molecule has 3 rings (SSSR count). The van der Waals surface area contributed by atoms with E-state index in [4.69, 9.17) is 4.74 Å². The van der Waals surface area contributed by atoms with Crippen LogP contribution in [0.25, 0.3) is 0 Å². The van der Waals surface area contributed by atoms with Gasteiger partial charge in [-0.1, -0.05) is 58.4 Å². The van der Waals surface area contributed by atoms with Crippen LogP contribution < -0.4 is 0 Å². The summed E-state index contributed by atoms with van der Waals surface area (Å²) < 4.78 is 6.34. The molecule has 1 saturated heterocycles. The number of hydrogen-bond donors (Lipinski definition) is 0. The Morgan fingerprint density at radius 2 is 1.88 bits per heavy atom. The van der Waals surface area contributed by atoms with Crippen LogP contribution in [0.1, 0.15) is 17.5 Å². The highest BCUT2D eigenvalue weighted by Crippen LogP contribution is 2.21. The van der Waals surface area contributed by atoms with Gasteiger partial charge in [0.15, 0.2) is 5.78 Å². The topological polar surface area (TPSA) is 46.6 Å². The summed E-state index contributed by atoms with van der Waals surface area (Å²) in [6, 6.07) is 16.9. The third-order valence-corrected chi connectivity index (χ3v) is 4.60. The van der Waals surface area contributed by atoms with Crippen molar-refractivity contribution in [2.75, 3.05) is 6.54 Å². The summed E-state index contributed by atoms with van der Waals surface area (Å²) in [5.74, 6) is 0.0895. The van der Waals surface area contributed by atoms with Crippen LogP contribution >= 0.6 is 15.9 Å². The first-order valence-corrected chi connectivity index (χ1v) is 8.67. The lowest BCUT2D eigenvalue weighted by Crippen LogP contribution is -2.39. The highest BCUT2D eigenvalue weighted by atomic mass is 79.9. The minimum Gasteiger partial charge on any atom is -0.445 e. The fourth-order valence-electron chi connectivity index (χ4n) is 2.86. The fraction of sp³-hybridized carbons (Fsp3) is 0.263. The summed E-state index contributed by atoms with van der Waals surface area (Å²) in [5, 5.41) is 0. The Balaban J connectivity index is 1.65. The van der Waals surface area contributed by atoms with E-state index in [1.165, 1.54) is 0 Å². The SMILES string of the molecule is O=C1CCN(C(=O)OCc2ccccc2)[C@H]1Cc1cccc(Br)c1. The number of benzene rings is 2. The lowest BCUT2D eigenvalue weighted by Gasteiger charge is -2.23. The summed E-state index contributed by atoms with van der Waals surface area (Å²) >= 11 is 3.43. The Morgan fingerprint density at radius 3 is 2.62 bits per heavy atom. The van der Waals surface area contributed by atoms with Gasteiger partial charge in [0, 0.05) is 23.9 Å². The quantitative estimate of drug-likeness (QED) is 0.796. The summed E-state index contributed by atoms with van der Waals surface area (Å²) in [7, 11) is 0. The minimum absolute atomic E-state index is 0.0895. The van der Waals surface area contributed by atoms with Gasteiger partial charge in [0.2, 0.25) is 0 Å². The molecular formula is C19H18BrNO3. The fourth-order valence-corrected chi connectivity index (χ4v) is 3.31. The van der Waals surface area contributed by atoms with Crippen LogP contribution in [0.2, 0.25) is 0 Å².